The van der Waals surface area contributed by atoms with Gasteiger partial charge in [0.25, 0.3) is 5.56 Å². The molecule has 0 aliphatic carbocycles. The van der Waals surface area contributed by atoms with E-state index in [1.54, 1.807) is 35.7 Å². The molecule has 0 saturated carbocycles. The van der Waals surface area contributed by atoms with Gasteiger partial charge in [-0.1, -0.05) is 67.8 Å². The van der Waals surface area contributed by atoms with Crippen molar-refractivity contribution in [2.24, 2.45) is 0 Å². The van der Waals surface area contributed by atoms with E-state index in [0.717, 1.165) is 80.8 Å². The topological polar surface area (TPSA) is 79.9 Å². The fourth-order valence-electron chi connectivity index (χ4n) is 4.69. The first kappa shape index (κ1) is 29.2. The summed E-state index contributed by atoms with van der Waals surface area (Å²) in [6, 6.07) is 16.3. The Kier molecular flexibility index (Phi) is 9.90. The second-order valence-corrected chi connectivity index (χ2v) is 10.5. The summed E-state index contributed by atoms with van der Waals surface area (Å²) in [4.78, 5) is 43.7. The van der Waals surface area contributed by atoms with Gasteiger partial charge < -0.3 is 14.4 Å². The summed E-state index contributed by atoms with van der Waals surface area (Å²) in [5.41, 5.74) is 3.77. The number of imidazole rings is 1. The molecule has 40 heavy (non-hydrogen) atoms. The number of rotatable bonds is 7. The van der Waals surface area contributed by atoms with E-state index in [-0.39, 0.29) is 11.5 Å². The van der Waals surface area contributed by atoms with Crippen molar-refractivity contribution in [3.8, 4) is 22.5 Å². The Balaban J connectivity index is 0.000000312. The van der Waals surface area contributed by atoms with Gasteiger partial charge in [0, 0.05) is 68.1 Å². The van der Waals surface area contributed by atoms with Crippen LogP contribution in [0.1, 0.15) is 43.5 Å². The van der Waals surface area contributed by atoms with E-state index in [9.17, 15) is 14.4 Å². The first-order valence-corrected chi connectivity index (χ1v) is 14.1. The number of aryl methyl sites for hydroxylation is 1. The third-order valence-electron chi connectivity index (χ3n) is 7.13. The highest BCUT2D eigenvalue weighted by molar-refractivity contribution is 6.30. The second kappa shape index (κ2) is 13.5. The van der Waals surface area contributed by atoms with Gasteiger partial charge in [0.05, 0.1) is 11.4 Å². The van der Waals surface area contributed by atoms with Crippen molar-refractivity contribution >= 4 is 29.6 Å². The minimum Gasteiger partial charge on any atom is -0.340 e. The monoisotopic (exact) mass is 561 g/mol. The standard InChI is InChI=1S/C24H22ClN3O2.C7H14N2O/c1-2-3-4-13-27-22(19-7-5-17(16-29)6-8-19)14-23(30)28-15-21(26-24(27)28)18-9-11-20(25)12-10-18;1-7(10)9-5-3-8(2)4-6-9/h5-12,14-16H,2-4,13H2,1H3;3-6H2,1-2H3. The lowest BCUT2D eigenvalue weighted by molar-refractivity contribution is -0.130. The van der Waals surface area contributed by atoms with Crippen LogP contribution in [0, 0.1) is 0 Å². The normalized spacial score (nSPS) is 13.7. The predicted octanol–water partition coefficient (Wildman–Crippen LogP) is 5.27. The van der Waals surface area contributed by atoms with Crippen LogP contribution < -0.4 is 5.56 Å². The zero-order valence-corrected chi connectivity index (χ0v) is 24.1. The number of carbonyl (C=O) groups is 2. The molecule has 1 amide bonds. The summed E-state index contributed by atoms with van der Waals surface area (Å²) in [5, 5.41) is 0.655. The molecule has 8 nitrogen and oxygen atoms in total. The molecule has 0 radical (unpaired) electrons. The molecule has 0 unspecified atom stereocenters. The van der Waals surface area contributed by atoms with Gasteiger partial charge in [-0.3, -0.25) is 18.8 Å². The van der Waals surface area contributed by atoms with Crippen LogP contribution in [0.2, 0.25) is 5.02 Å². The number of aromatic nitrogens is 3. The van der Waals surface area contributed by atoms with Crippen LogP contribution in [0.15, 0.2) is 65.6 Å². The van der Waals surface area contributed by atoms with E-state index in [1.807, 2.05) is 41.3 Å². The second-order valence-electron chi connectivity index (χ2n) is 10.1. The molecule has 3 heterocycles. The first-order valence-electron chi connectivity index (χ1n) is 13.7. The SMILES string of the molecule is CC(=O)N1CCN(C)CC1.CCCCCn1c(-c2ccc(C=O)cc2)cc(=O)n2cc(-c3ccc(Cl)cc3)nc12. The van der Waals surface area contributed by atoms with Gasteiger partial charge in [0.15, 0.2) is 0 Å². The number of likely N-dealkylation sites (N-methyl/N-ethyl adjacent to an activating group) is 1. The number of fused-ring (bicyclic) bond motifs is 1. The fourth-order valence-corrected chi connectivity index (χ4v) is 4.81. The van der Waals surface area contributed by atoms with Crippen LogP contribution in [0.5, 0.6) is 0 Å². The van der Waals surface area contributed by atoms with Crippen LogP contribution in [0.25, 0.3) is 28.3 Å². The predicted molar refractivity (Wildman–Crippen MR) is 160 cm³/mol. The Hall–Kier alpha value is -3.75. The quantitative estimate of drug-likeness (QED) is 0.227. The minimum atomic E-state index is -0.140. The highest BCUT2D eigenvalue weighted by Crippen LogP contribution is 2.25. The van der Waals surface area contributed by atoms with E-state index in [0.29, 0.717) is 16.4 Å². The molecule has 2 aromatic carbocycles. The Morgan fingerprint density at radius 1 is 0.975 bits per heavy atom. The van der Waals surface area contributed by atoms with Crippen LogP contribution in [-0.2, 0) is 11.3 Å². The molecule has 4 aromatic rings. The Bertz CT molecular complexity index is 1500. The van der Waals surface area contributed by atoms with E-state index in [4.69, 9.17) is 16.6 Å². The lowest BCUT2D eigenvalue weighted by Gasteiger charge is -2.31. The van der Waals surface area contributed by atoms with Gasteiger partial charge in [0.1, 0.15) is 6.29 Å². The molecule has 0 bridgehead atoms. The van der Waals surface area contributed by atoms with Crippen molar-refractivity contribution < 1.29 is 9.59 Å². The molecule has 1 aliphatic rings. The summed E-state index contributed by atoms with van der Waals surface area (Å²) in [7, 11) is 2.08. The number of halogens is 1. The molecular formula is C31H36ClN5O3. The maximum atomic E-state index is 12.9. The maximum Gasteiger partial charge on any atom is 0.259 e. The van der Waals surface area contributed by atoms with E-state index < -0.39 is 0 Å². The molecule has 2 aromatic heterocycles. The number of hydrogen-bond donors (Lipinski definition) is 0. The van der Waals surface area contributed by atoms with Crippen molar-refractivity contribution in [3.05, 3.63) is 81.7 Å². The smallest absolute Gasteiger partial charge is 0.259 e. The lowest BCUT2D eigenvalue weighted by Crippen LogP contribution is -2.46. The molecule has 0 atom stereocenters. The van der Waals surface area contributed by atoms with Gasteiger partial charge in [-0.25, -0.2) is 4.98 Å². The number of piperazine rings is 1. The van der Waals surface area contributed by atoms with Crippen molar-refractivity contribution in [3.63, 3.8) is 0 Å². The number of benzene rings is 2. The largest absolute Gasteiger partial charge is 0.340 e. The lowest BCUT2D eigenvalue weighted by atomic mass is 10.1. The molecule has 0 N–H and O–H groups in total. The van der Waals surface area contributed by atoms with Gasteiger partial charge in [-0.05, 0) is 31.2 Å². The Labute approximate surface area is 239 Å². The molecular weight excluding hydrogens is 526 g/mol. The Morgan fingerprint density at radius 2 is 1.62 bits per heavy atom. The van der Waals surface area contributed by atoms with Crippen LogP contribution in [-0.4, -0.2) is 69.2 Å². The van der Waals surface area contributed by atoms with E-state index in [1.165, 1.54) is 0 Å². The van der Waals surface area contributed by atoms with Gasteiger partial charge in [-0.15, -0.1) is 0 Å². The van der Waals surface area contributed by atoms with Crippen LogP contribution >= 0.6 is 11.6 Å². The third kappa shape index (κ3) is 7.06. The number of aldehydes is 1. The summed E-state index contributed by atoms with van der Waals surface area (Å²) in [6.45, 7) is 8.36. The number of unbranched alkanes of at least 4 members (excludes halogenated alkanes) is 2. The van der Waals surface area contributed by atoms with Crippen molar-refractivity contribution in [1.29, 1.82) is 0 Å². The molecule has 0 spiro atoms. The van der Waals surface area contributed by atoms with Gasteiger partial charge in [0.2, 0.25) is 11.7 Å². The summed E-state index contributed by atoms with van der Waals surface area (Å²) < 4.78 is 3.69. The van der Waals surface area contributed by atoms with E-state index >= 15 is 0 Å². The van der Waals surface area contributed by atoms with Crippen LogP contribution in [0.4, 0.5) is 0 Å². The van der Waals surface area contributed by atoms with Gasteiger partial charge in [-0.2, -0.15) is 0 Å². The average molecular weight is 562 g/mol. The van der Waals surface area contributed by atoms with Crippen molar-refractivity contribution in [2.45, 2.75) is 39.7 Å². The zero-order chi connectivity index (χ0) is 28.6. The van der Waals surface area contributed by atoms with Crippen LogP contribution in [0.3, 0.4) is 0 Å². The number of amides is 1. The fraction of sp³-hybridized carbons (Fsp3) is 0.355. The molecule has 9 heteroatoms. The average Bonchev–Trinajstić information content (AvgIpc) is 3.41. The first-order chi connectivity index (χ1) is 19.3. The summed E-state index contributed by atoms with van der Waals surface area (Å²) in [6.07, 6.45) is 5.76. The van der Waals surface area contributed by atoms with E-state index in [2.05, 4.69) is 23.4 Å². The minimum absolute atomic E-state index is 0.140. The highest BCUT2D eigenvalue weighted by atomic mass is 35.5. The third-order valence-corrected chi connectivity index (χ3v) is 7.39. The van der Waals surface area contributed by atoms with Crippen molar-refractivity contribution in [2.75, 3.05) is 33.2 Å². The number of carbonyl (C=O) groups excluding carboxylic acids is 2. The molecule has 1 aliphatic heterocycles. The zero-order valence-electron chi connectivity index (χ0n) is 23.3. The number of nitrogens with zero attached hydrogens (tertiary/aromatic N) is 5. The summed E-state index contributed by atoms with van der Waals surface area (Å²) >= 11 is 6.01. The van der Waals surface area contributed by atoms with Crippen molar-refractivity contribution in [1.82, 2.24) is 23.8 Å². The molecule has 5 rings (SSSR count). The summed E-state index contributed by atoms with van der Waals surface area (Å²) in [5.74, 6) is 0.811. The highest BCUT2D eigenvalue weighted by Gasteiger charge is 2.16. The maximum absolute atomic E-state index is 12.9. The Morgan fingerprint density at radius 3 is 2.23 bits per heavy atom. The molecule has 210 valence electrons. The molecule has 1 fully saturated rings. The number of hydrogen-bond acceptors (Lipinski definition) is 5. The van der Waals surface area contributed by atoms with Gasteiger partial charge >= 0.3 is 0 Å². The molecule has 1 saturated heterocycles.